The van der Waals surface area contributed by atoms with E-state index in [0.717, 1.165) is 23.1 Å². The van der Waals surface area contributed by atoms with Crippen molar-refractivity contribution in [1.82, 2.24) is 8.87 Å². The fourth-order valence-electron chi connectivity index (χ4n) is 4.47. The summed E-state index contributed by atoms with van der Waals surface area (Å²) in [5, 5.41) is 0. The van der Waals surface area contributed by atoms with E-state index in [1.807, 2.05) is 6.07 Å². The van der Waals surface area contributed by atoms with Gasteiger partial charge in [-0.2, -0.15) is 9.30 Å². The standard InChI is InChI=1S/C26H29N3O8S2/c1-3-34-24(30)10-11-29-20-13-21-22(37-16-36-21)14-23(20)38-26(29)27-25(31)17-6-8-19(9-7-17)39(32,33)28(2)15-18-5-4-12-35-18/h6-9,13-14,18H,3-5,10-12,15-16H2,1-2H3. The summed E-state index contributed by atoms with van der Waals surface area (Å²) in [6, 6.07) is 9.33. The second kappa shape index (κ2) is 11.5. The first kappa shape index (κ1) is 27.3. The summed E-state index contributed by atoms with van der Waals surface area (Å²) in [4.78, 5) is 29.9. The first-order valence-corrected chi connectivity index (χ1v) is 14.9. The summed E-state index contributed by atoms with van der Waals surface area (Å²) in [5.74, 6) is 0.275. The smallest absolute Gasteiger partial charge is 0.307 e. The van der Waals surface area contributed by atoms with Crippen LogP contribution in [-0.4, -0.2) is 68.9 Å². The monoisotopic (exact) mass is 575 g/mol. The van der Waals surface area contributed by atoms with Crippen molar-refractivity contribution < 1.29 is 37.0 Å². The number of esters is 1. The van der Waals surface area contributed by atoms with Gasteiger partial charge in [0.05, 0.1) is 34.2 Å². The maximum absolute atomic E-state index is 13.1. The molecule has 2 aromatic carbocycles. The van der Waals surface area contributed by atoms with Gasteiger partial charge in [0, 0.05) is 44.4 Å². The number of fused-ring (bicyclic) bond motifs is 2. The van der Waals surface area contributed by atoms with Crippen molar-refractivity contribution in [3.05, 3.63) is 46.8 Å². The SMILES string of the molecule is CCOC(=O)CCn1c(=NC(=O)c2ccc(S(=O)(=O)N(C)CC3CCCO3)cc2)sc2cc3c(cc21)OCO3. The molecule has 0 radical (unpaired) electrons. The molecule has 1 atom stereocenters. The van der Waals surface area contributed by atoms with Gasteiger partial charge in [-0.1, -0.05) is 11.3 Å². The van der Waals surface area contributed by atoms with E-state index in [1.165, 1.54) is 47.0 Å². The summed E-state index contributed by atoms with van der Waals surface area (Å²) in [6.07, 6.45) is 1.74. The lowest BCUT2D eigenvalue weighted by Gasteiger charge is -2.20. The Morgan fingerprint density at radius 2 is 1.92 bits per heavy atom. The summed E-state index contributed by atoms with van der Waals surface area (Å²) < 4.78 is 51.4. The highest BCUT2D eigenvalue weighted by Gasteiger charge is 2.26. The van der Waals surface area contributed by atoms with Crippen molar-refractivity contribution in [2.24, 2.45) is 4.99 Å². The third-order valence-electron chi connectivity index (χ3n) is 6.51. The van der Waals surface area contributed by atoms with Gasteiger partial charge in [0.25, 0.3) is 5.91 Å². The van der Waals surface area contributed by atoms with E-state index in [1.54, 1.807) is 17.6 Å². The van der Waals surface area contributed by atoms with Crippen molar-refractivity contribution >= 4 is 43.5 Å². The Hall–Kier alpha value is -3.26. The molecule has 1 unspecified atom stereocenters. The molecule has 1 saturated heterocycles. The van der Waals surface area contributed by atoms with Gasteiger partial charge in [-0.25, -0.2) is 8.42 Å². The molecule has 0 saturated carbocycles. The van der Waals surface area contributed by atoms with Gasteiger partial charge in [0.1, 0.15) is 0 Å². The normalized spacial score (nSPS) is 17.3. The number of aryl methyl sites for hydroxylation is 1. The Balaban J connectivity index is 1.41. The second-order valence-corrected chi connectivity index (χ2v) is 12.2. The zero-order chi connectivity index (χ0) is 27.6. The van der Waals surface area contributed by atoms with Crippen LogP contribution in [0.3, 0.4) is 0 Å². The molecule has 1 amide bonds. The molecular weight excluding hydrogens is 546 g/mol. The van der Waals surface area contributed by atoms with E-state index in [-0.39, 0.29) is 55.4 Å². The number of thiazole rings is 1. The van der Waals surface area contributed by atoms with Crippen LogP contribution in [-0.2, 0) is 30.8 Å². The van der Waals surface area contributed by atoms with E-state index in [9.17, 15) is 18.0 Å². The lowest BCUT2D eigenvalue weighted by molar-refractivity contribution is -0.143. The quantitative estimate of drug-likeness (QED) is 0.357. The second-order valence-electron chi connectivity index (χ2n) is 9.13. The number of rotatable bonds is 9. The molecule has 1 fully saturated rings. The average Bonchev–Trinajstić information content (AvgIpc) is 3.66. The van der Waals surface area contributed by atoms with E-state index in [4.69, 9.17) is 18.9 Å². The van der Waals surface area contributed by atoms with Crippen LogP contribution in [0.1, 0.15) is 36.5 Å². The summed E-state index contributed by atoms with van der Waals surface area (Å²) in [7, 11) is -2.21. The van der Waals surface area contributed by atoms with Gasteiger partial charge in [-0.05, 0) is 44.0 Å². The number of carbonyl (C=O) groups is 2. The van der Waals surface area contributed by atoms with E-state index in [2.05, 4.69) is 4.99 Å². The fraction of sp³-hybridized carbons (Fsp3) is 0.423. The molecule has 13 heteroatoms. The van der Waals surface area contributed by atoms with Crippen LogP contribution in [0.4, 0.5) is 0 Å². The molecule has 0 aliphatic carbocycles. The number of carbonyl (C=O) groups excluding carboxylic acids is 2. The molecule has 5 rings (SSSR count). The fourth-order valence-corrected chi connectivity index (χ4v) is 6.74. The van der Waals surface area contributed by atoms with Crippen molar-refractivity contribution in [1.29, 1.82) is 0 Å². The topological polar surface area (TPSA) is 126 Å². The van der Waals surface area contributed by atoms with E-state index < -0.39 is 15.9 Å². The summed E-state index contributed by atoms with van der Waals surface area (Å²) >= 11 is 1.28. The molecule has 11 nitrogen and oxygen atoms in total. The Bertz CT molecular complexity index is 1550. The van der Waals surface area contributed by atoms with Crippen molar-refractivity contribution in [2.45, 2.75) is 43.7 Å². The lowest BCUT2D eigenvalue weighted by atomic mass is 10.2. The Morgan fingerprint density at radius 1 is 1.18 bits per heavy atom. The average molecular weight is 576 g/mol. The van der Waals surface area contributed by atoms with Crippen molar-refractivity contribution in [3.63, 3.8) is 0 Å². The van der Waals surface area contributed by atoms with Crippen LogP contribution in [0.5, 0.6) is 11.5 Å². The van der Waals surface area contributed by atoms with Gasteiger partial charge in [0.2, 0.25) is 16.8 Å². The molecule has 1 aromatic heterocycles. The van der Waals surface area contributed by atoms with Crippen LogP contribution in [0.2, 0.25) is 0 Å². The van der Waals surface area contributed by atoms with E-state index in [0.29, 0.717) is 22.9 Å². The number of nitrogens with zero attached hydrogens (tertiary/aromatic N) is 3. The molecule has 3 aromatic rings. The van der Waals surface area contributed by atoms with Gasteiger partial charge >= 0.3 is 5.97 Å². The van der Waals surface area contributed by atoms with Crippen LogP contribution in [0.15, 0.2) is 46.3 Å². The minimum atomic E-state index is -3.74. The van der Waals surface area contributed by atoms with Gasteiger partial charge < -0.3 is 23.5 Å². The molecule has 0 N–H and O–H groups in total. The van der Waals surface area contributed by atoms with Crippen LogP contribution in [0, 0.1) is 0 Å². The minimum absolute atomic E-state index is 0.0837. The predicted octanol–water partition coefficient (Wildman–Crippen LogP) is 2.93. The molecular formula is C26H29N3O8S2. The zero-order valence-electron chi connectivity index (χ0n) is 21.6. The maximum atomic E-state index is 13.1. The number of likely N-dealkylation sites (N-methyl/N-ethyl adjacent to an activating group) is 1. The third kappa shape index (κ3) is 5.86. The Morgan fingerprint density at radius 3 is 2.62 bits per heavy atom. The number of ether oxygens (including phenoxy) is 4. The first-order chi connectivity index (χ1) is 18.8. The van der Waals surface area contributed by atoms with Gasteiger partial charge in [0.15, 0.2) is 16.3 Å². The van der Waals surface area contributed by atoms with Crippen molar-refractivity contribution in [3.8, 4) is 11.5 Å². The number of hydrogen-bond donors (Lipinski definition) is 0. The molecule has 0 bridgehead atoms. The molecule has 208 valence electrons. The Kier molecular flexibility index (Phi) is 8.03. The molecule has 2 aliphatic rings. The highest BCUT2D eigenvalue weighted by Crippen LogP contribution is 2.37. The summed E-state index contributed by atoms with van der Waals surface area (Å²) in [5.41, 5.74) is 0.982. The maximum Gasteiger partial charge on any atom is 0.307 e. The van der Waals surface area contributed by atoms with Crippen molar-refractivity contribution in [2.75, 3.05) is 33.6 Å². The van der Waals surface area contributed by atoms with Crippen LogP contribution < -0.4 is 14.3 Å². The zero-order valence-corrected chi connectivity index (χ0v) is 23.3. The number of benzene rings is 2. The van der Waals surface area contributed by atoms with Gasteiger partial charge in [-0.15, -0.1) is 0 Å². The largest absolute Gasteiger partial charge is 0.466 e. The number of sulfonamides is 1. The lowest BCUT2D eigenvalue weighted by Crippen LogP contribution is -2.34. The Labute approximate surface area is 229 Å². The molecule has 39 heavy (non-hydrogen) atoms. The van der Waals surface area contributed by atoms with Crippen LogP contribution >= 0.6 is 11.3 Å². The highest BCUT2D eigenvalue weighted by atomic mass is 32.2. The number of amides is 1. The number of aromatic nitrogens is 1. The molecule has 3 heterocycles. The van der Waals surface area contributed by atoms with Crippen LogP contribution in [0.25, 0.3) is 10.2 Å². The predicted molar refractivity (Wildman–Crippen MR) is 142 cm³/mol. The minimum Gasteiger partial charge on any atom is -0.466 e. The molecule has 0 spiro atoms. The first-order valence-electron chi connectivity index (χ1n) is 12.6. The third-order valence-corrected chi connectivity index (χ3v) is 9.39. The van der Waals surface area contributed by atoms with Gasteiger partial charge in [-0.3, -0.25) is 9.59 Å². The highest BCUT2D eigenvalue weighted by molar-refractivity contribution is 7.89. The summed E-state index contributed by atoms with van der Waals surface area (Å²) in [6.45, 7) is 3.31. The number of hydrogen-bond acceptors (Lipinski definition) is 9. The molecule has 2 aliphatic heterocycles. The van der Waals surface area contributed by atoms with E-state index >= 15 is 0 Å².